The number of carbonyl (C=O) groups excluding carboxylic acids is 1. The molecule has 3 rings (SSSR count). The van der Waals surface area contributed by atoms with Crippen LogP contribution in [0.5, 0.6) is 0 Å². The number of rotatable bonds is 7. The van der Waals surface area contributed by atoms with E-state index in [1.807, 2.05) is 17.5 Å². The molecule has 8 heteroatoms. The van der Waals surface area contributed by atoms with Crippen molar-refractivity contribution in [1.82, 2.24) is 5.32 Å². The lowest BCUT2D eigenvalue weighted by molar-refractivity contribution is -0.120. The van der Waals surface area contributed by atoms with Gasteiger partial charge in [-0.05, 0) is 53.4 Å². The minimum Gasteiger partial charge on any atom is -0.351 e. The summed E-state index contributed by atoms with van der Waals surface area (Å²) in [5, 5.41) is 4.79. The number of hydrogen-bond acceptors (Lipinski definition) is 4. The maximum absolute atomic E-state index is 12.9. The molecule has 0 aliphatic heterocycles. The SMILES string of the molecule is O=C(Cc1ccc(NS(=O)(=O)c2ccc(F)cc2)cc1)NCc1cccs1. The fourth-order valence-corrected chi connectivity index (χ4v) is 4.07. The second kappa shape index (κ2) is 8.32. The zero-order valence-corrected chi connectivity index (χ0v) is 15.8. The Kier molecular flexibility index (Phi) is 5.88. The molecule has 2 N–H and O–H groups in total. The van der Waals surface area contributed by atoms with E-state index in [1.165, 1.54) is 12.1 Å². The van der Waals surface area contributed by atoms with Crippen molar-refractivity contribution in [2.75, 3.05) is 4.72 Å². The van der Waals surface area contributed by atoms with Gasteiger partial charge in [0, 0.05) is 10.6 Å². The topological polar surface area (TPSA) is 75.3 Å². The number of nitrogens with one attached hydrogen (secondary N) is 2. The molecule has 0 radical (unpaired) electrons. The van der Waals surface area contributed by atoms with Gasteiger partial charge in [-0.2, -0.15) is 0 Å². The van der Waals surface area contributed by atoms with Crippen molar-refractivity contribution >= 4 is 33.0 Å². The predicted octanol–water partition coefficient (Wildman–Crippen LogP) is 3.55. The van der Waals surface area contributed by atoms with Crippen LogP contribution in [0.25, 0.3) is 0 Å². The van der Waals surface area contributed by atoms with E-state index in [-0.39, 0.29) is 17.2 Å². The van der Waals surface area contributed by atoms with Crippen LogP contribution in [-0.2, 0) is 27.8 Å². The quantitative estimate of drug-likeness (QED) is 0.632. The van der Waals surface area contributed by atoms with Gasteiger partial charge in [-0.1, -0.05) is 18.2 Å². The molecule has 140 valence electrons. The molecule has 0 saturated carbocycles. The third kappa shape index (κ3) is 5.38. The summed E-state index contributed by atoms with van der Waals surface area (Å²) in [7, 11) is -3.79. The Morgan fingerprint density at radius 2 is 1.70 bits per heavy atom. The molecule has 1 aromatic heterocycles. The highest BCUT2D eigenvalue weighted by molar-refractivity contribution is 7.92. The second-order valence-electron chi connectivity index (χ2n) is 5.79. The van der Waals surface area contributed by atoms with Crippen molar-refractivity contribution in [2.45, 2.75) is 17.9 Å². The van der Waals surface area contributed by atoms with Crippen LogP contribution in [0.2, 0.25) is 0 Å². The fourth-order valence-electron chi connectivity index (χ4n) is 2.37. The summed E-state index contributed by atoms with van der Waals surface area (Å²) in [5.74, 6) is -0.612. The maximum atomic E-state index is 12.9. The zero-order valence-electron chi connectivity index (χ0n) is 14.2. The Morgan fingerprint density at radius 1 is 1.00 bits per heavy atom. The van der Waals surface area contributed by atoms with Crippen molar-refractivity contribution in [2.24, 2.45) is 0 Å². The number of benzene rings is 2. The van der Waals surface area contributed by atoms with E-state index in [4.69, 9.17) is 0 Å². The van der Waals surface area contributed by atoms with Gasteiger partial charge in [0.05, 0.1) is 17.9 Å². The predicted molar refractivity (Wildman–Crippen MR) is 104 cm³/mol. The van der Waals surface area contributed by atoms with Gasteiger partial charge >= 0.3 is 0 Å². The normalized spacial score (nSPS) is 11.1. The Labute approximate surface area is 160 Å². The first-order valence-corrected chi connectivity index (χ1v) is 10.4. The van der Waals surface area contributed by atoms with Crippen LogP contribution in [0.15, 0.2) is 70.9 Å². The standard InChI is InChI=1S/C19H17FN2O3S2/c20-15-5-9-18(10-6-15)27(24,25)22-16-7-3-14(4-8-16)12-19(23)21-13-17-2-1-11-26-17/h1-11,22H,12-13H2,(H,21,23). The van der Waals surface area contributed by atoms with E-state index in [0.29, 0.717) is 12.2 Å². The van der Waals surface area contributed by atoms with E-state index < -0.39 is 15.8 Å². The molecule has 2 aromatic carbocycles. The van der Waals surface area contributed by atoms with Crippen molar-refractivity contribution in [3.8, 4) is 0 Å². The Morgan fingerprint density at radius 3 is 2.33 bits per heavy atom. The molecule has 0 aliphatic rings. The molecule has 1 amide bonds. The molecule has 0 atom stereocenters. The lowest BCUT2D eigenvalue weighted by Gasteiger charge is -2.09. The summed E-state index contributed by atoms with van der Waals surface area (Å²) in [4.78, 5) is 13.0. The average Bonchev–Trinajstić information content (AvgIpc) is 3.15. The molecule has 0 fully saturated rings. The fraction of sp³-hybridized carbons (Fsp3) is 0.105. The molecule has 0 bridgehead atoms. The zero-order chi connectivity index (χ0) is 19.3. The van der Waals surface area contributed by atoms with Crippen LogP contribution in [0.3, 0.4) is 0 Å². The van der Waals surface area contributed by atoms with E-state index in [2.05, 4.69) is 10.0 Å². The van der Waals surface area contributed by atoms with Gasteiger partial charge < -0.3 is 5.32 Å². The first-order chi connectivity index (χ1) is 12.9. The number of halogens is 1. The van der Waals surface area contributed by atoms with Gasteiger partial charge in [-0.25, -0.2) is 12.8 Å². The van der Waals surface area contributed by atoms with E-state index in [0.717, 1.165) is 22.6 Å². The number of amides is 1. The third-order valence-electron chi connectivity index (χ3n) is 3.73. The summed E-state index contributed by atoms with van der Waals surface area (Å²) in [6.07, 6.45) is 0.205. The van der Waals surface area contributed by atoms with Gasteiger partial charge in [0.25, 0.3) is 10.0 Å². The third-order valence-corrected chi connectivity index (χ3v) is 6.01. The molecule has 0 unspecified atom stereocenters. The summed E-state index contributed by atoms with van der Waals surface area (Å²) in [6.45, 7) is 0.492. The largest absolute Gasteiger partial charge is 0.351 e. The van der Waals surface area contributed by atoms with Crippen LogP contribution in [-0.4, -0.2) is 14.3 Å². The highest BCUT2D eigenvalue weighted by Crippen LogP contribution is 2.17. The highest BCUT2D eigenvalue weighted by Gasteiger charge is 2.14. The van der Waals surface area contributed by atoms with Crippen molar-refractivity contribution in [3.05, 3.63) is 82.3 Å². The number of carbonyl (C=O) groups is 1. The van der Waals surface area contributed by atoms with Crippen LogP contribution < -0.4 is 10.0 Å². The number of anilines is 1. The van der Waals surface area contributed by atoms with Gasteiger partial charge in [0.15, 0.2) is 0 Å². The minimum atomic E-state index is -3.79. The van der Waals surface area contributed by atoms with E-state index >= 15 is 0 Å². The lowest BCUT2D eigenvalue weighted by Crippen LogP contribution is -2.24. The first-order valence-electron chi connectivity index (χ1n) is 8.09. The Balaban J connectivity index is 1.58. The van der Waals surface area contributed by atoms with Gasteiger partial charge in [0.2, 0.25) is 5.91 Å². The van der Waals surface area contributed by atoms with Crippen LogP contribution in [0, 0.1) is 5.82 Å². The van der Waals surface area contributed by atoms with Gasteiger partial charge in [-0.15, -0.1) is 11.3 Å². The molecule has 0 saturated heterocycles. The van der Waals surface area contributed by atoms with Crippen molar-refractivity contribution < 1.29 is 17.6 Å². The number of thiophene rings is 1. The van der Waals surface area contributed by atoms with Gasteiger partial charge in [0.1, 0.15) is 5.82 Å². The highest BCUT2D eigenvalue weighted by atomic mass is 32.2. The average molecular weight is 404 g/mol. The lowest BCUT2D eigenvalue weighted by atomic mass is 10.1. The molecule has 0 spiro atoms. The van der Waals surface area contributed by atoms with Crippen molar-refractivity contribution in [3.63, 3.8) is 0 Å². The molecular weight excluding hydrogens is 387 g/mol. The van der Waals surface area contributed by atoms with Crippen molar-refractivity contribution in [1.29, 1.82) is 0 Å². The molecule has 5 nitrogen and oxygen atoms in total. The summed E-state index contributed by atoms with van der Waals surface area (Å²) in [5.41, 5.74) is 1.13. The number of sulfonamides is 1. The molecular formula is C19H17FN2O3S2. The monoisotopic (exact) mass is 404 g/mol. The molecule has 1 heterocycles. The molecule has 3 aromatic rings. The van der Waals surface area contributed by atoms with E-state index in [1.54, 1.807) is 35.6 Å². The Bertz CT molecular complexity index is 1000. The van der Waals surface area contributed by atoms with E-state index in [9.17, 15) is 17.6 Å². The summed E-state index contributed by atoms with van der Waals surface area (Å²) in [6, 6.07) is 15.0. The number of hydrogen-bond donors (Lipinski definition) is 2. The van der Waals surface area contributed by atoms with Gasteiger partial charge in [-0.3, -0.25) is 9.52 Å². The smallest absolute Gasteiger partial charge is 0.261 e. The van der Waals surface area contributed by atoms with Crippen LogP contribution >= 0.6 is 11.3 Å². The van der Waals surface area contributed by atoms with Crippen LogP contribution in [0.4, 0.5) is 10.1 Å². The first kappa shape index (κ1) is 19.1. The summed E-state index contributed by atoms with van der Waals surface area (Å²) >= 11 is 1.58. The minimum absolute atomic E-state index is 0.0269. The Hall–Kier alpha value is -2.71. The van der Waals surface area contributed by atoms with Crippen LogP contribution in [0.1, 0.15) is 10.4 Å². The maximum Gasteiger partial charge on any atom is 0.261 e. The molecule has 0 aliphatic carbocycles. The summed E-state index contributed by atoms with van der Waals surface area (Å²) < 4.78 is 39.9. The molecule has 27 heavy (non-hydrogen) atoms. The second-order valence-corrected chi connectivity index (χ2v) is 8.50.